The minimum atomic E-state index is -0.872. The number of carbonyl (C=O) groups excluding carboxylic acids is 1. The Morgan fingerprint density at radius 2 is 1.76 bits per heavy atom. The number of hydrogen-bond acceptors (Lipinski definition) is 2. The second-order valence-electron chi connectivity index (χ2n) is 5.98. The first-order valence-corrected chi connectivity index (χ1v) is 7.68. The molecule has 2 amide bonds. The molecule has 0 unspecified atom stereocenters. The third-order valence-corrected chi connectivity index (χ3v) is 3.37. The van der Waals surface area contributed by atoms with Crippen molar-refractivity contribution in [2.45, 2.75) is 46.1 Å². The summed E-state index contributed by atoms with van der Waals surface area (Å²) in [5, 5.41) is 12.7. The van der Waals surface area contributed by atoms with Gasteiger partial charge in [0.15, 0.2) is 0 Å². The summed E-state index contributed by atoms with van der Waals surface area (Å²) in [6, 6.07) is 8.36. The number of amides is 2. The molecule has 1 aromatic rings. The molecule has 0 heterocycles. The van der Waals surface area contributed by atoms with E-state index in [4.69, 9.17) is 0 Å². The van der Waals surface area contributed by atoms with Gasteiger partial charge >= 0.3 is 6.03 Å². The summed E-state index contributed by atoms with van der Waals surface area (Å²) >= 11 is 0. The predicted molar refractivity (Wildman–Crippen MR) is 86.5 cm³/mol. The Morgan fingerprint density at radius 3 is 2.24 bits per heavy atom. The third-order valence-electron chi connectivity index (χ3n) is 3.37. The molecule has 0 bridgehead atoms. The van der Waals surface area contributed by atoms with E-state index in [1.165, 1.54) is 11.1 Å². The van der Waals surface area contributed by atoms with Crippen LogP contribution < -0.4 is 5.32 Å². The normalized spacial score (nSPS) is 11.3. The summed E-state index contributed by atoms with van der Waals surface area (Å²) in [5.74, 6) is 0. The van der Waals surface area contributed by atoms with Crippen LogP contribution in [0.4, 0.5) is 4.79 Å². The van der Waals surface area contributed by atoms with Gasteiger partial charge in [0.1, 0.15) is 0 Å². The lowest BCUT2D eigenvalue weighted by Crippen LogP contribution is -2.47. The number of hydrogen-bond donors (Lipinski definition) is 2. The van der Waals surface area contributed by atoms with Crippen LogP contribution in [0.2, 0.25) is 0 Å². The van der Waals surface area contributed by atoms with Gasteiger partial charge in [-0.1, -0.05) is 31.2 Å². The smallest absolute Gasteiger partial charge is 0.317 e. The number of aryl methyl sites for hydroxylation is 1. The van der Waals surface area contributed by atoms with E-state index in [0.29, 0.717) is 19.6 Å². The number of benzene rings is 1. The van der Waals surface area contributed by atoms with E-state index in [-0.39, 0.29) is 6.03 Å². The number of likely N-dealkylation sites (N-methyl/N-ethyl adjacent to an activating group) is 1. The Kier molecular flexibility index (Phi) is 6.69. The molecule has 0 fully saturated rings. The van der Waals surface area contributed by atoms with Crippen molar-refractivity contribution in [2.24, 2.45) is 0 Å². The Balaban J connectivity index is 2.40. The first-order chi connectivity index (χ1) is 9.85. The summed E-state index contributed by atoms with van der Waals surface area (Å²) in [5.41, 5.74) is 1.67. The molecule has 118 valence electrons. The van der Waals surface area contributed by atoms with Crippen molar-refractivity contribution in [1.29, 1.82) is 0 Å². The molecule has 1 rings (SSSR count). The Morgan fingerprint density at radius 1 is 1.19 bits per heavy atom. The summed E-state index contributed by atoms with van der Waals surface area (Å²) in [6.45, 7) is 8.98. The molecule has 0 saturated carbocycles. The second kappa shape index (κ2) is 8.03. The average Bonchev–Trinajstić information content (AvgIpc) is 2.44. The zero-order chi connectivity index (χ0) is 15.9. The number of urea groups is 1. The zero-order valence-corrected chi connectivity index (χ0v) is 13.6. The van der Waals surface area contributed by atoms with E-state index < -0.39 is 5.60 Å². The maximum absolute atomic E-state index is 12.0. The lowest BCUT2D eigenvalue weighted by Gasteiger charge is -2.28. The lowest BCUT2D eigenvalue weighted by molar-refractivity contribution is 0.0480. The molecule has 2 N–H and O–H groups in total. The molecule has 0 aliphatic rings. The molecule has 0 saturated heterocycles. The zero-order valence-electron chi connectivity index (χ0n) is 13.6. The van der Waals surface area contributed by atoms with E-state index in [1.54, 1.807) is 18.7 Å². The molecule has 0 atom stereocenters. The van der Waals surface area contributed by atoms with Crippen molar-refractivity contribution in [1.82, 2.24) is 10.2 Å². The molecular formula is C17H28N2O2. The second-order valence-corrected chi connectivity index (χ2v) is 5.98. The highest BCUT2D eigenvalue weighted by molar-refractivity contribution is 5.74. The van der Waals surface area contributed by atoms with Gasteiger partial charge < -0.3 is 15.3 Å². The highest BCUT2D eigenvalue weighted by Crippen LogP contribution is 2.06. The van der Waals surface area contributed by atoms with Crippen molar-refractivity contribution < 1.29 is 9.90 Å². The first kappa shape index (κ1) is 17.5. The molecule has 0 aliphatic carbocycles. The largest absolute Gasteiger partial charge is 0.389 e. The molecule has 0 aromatic heterocycles. The fourth-order valence-corrected chi connectivity index (χ4v) is 2.16. The minimum absolute atomic E-state index is 0.121. The molecule has 1 aromatic carbocycles. The summed E-state index contributed by atoms with van der Waals surface area (Å²) in [6.07, 6.45) is 1.86. The van der Waals surface area contributed by atoms with Gasteiger partial charge in [-0.25, -0.2) is 4.79 Å². The van der Waals surface area contributed by atoms with Gasteiger partial charge in [-0.15, -0.1) is 0 Å². The Labute approximate surface area is 128 Å². The monoisotopic (exact) mass is 292 g/mol. The minimum Gasteiger partial charge on any atom is -0.389 e. The van der Waals surface area contributed by atoms with Gasteiger partial charge in [-0.2, -0.15) is 0 Å². The number of nitrogens with one attached hydrogen (secondary N) is 1. The lowest BCUT2D eigenvalue weighted by atomic mass is 10.1. The van der Waals surface area contributed by atoms with E-state index >= 15 is 0 Å². The molecule has 0 radical (unpaired) electrons. The van der Waals surface area contributed by atoms with Gasteiger partial charge in [0.2, 0.25) is 0 Å². The number of aliphatic hydroxyl groups is 1. The van der Waals surface area contributed by atoms with Gasteiger partial charge in [0.25, 0.3) is 0 Å². The predicted octanol–water partition coefficient (Wildman–Crippen LogP) is 2.59. The molecule has 0 aliphatic heterocycles. The fraction of sp³-hybridized carbons (Fsp3) is 0.588. The summed E-state index contributed by atoms with van der Waals surface area (Å²) in [4.78, 5) is 13.7. The highest BCUT2D eigenvalue weighted by atomic mass is 16.3. The molecule has 4 heteroatoms. The molecule has 21 heavy (non-hydrogen) atoms. The van der Waals surface area contributed by atoms with Crippen molar-refractivity contribution in [3.63, 3.8) is 0 Å². The average molecular weight is 292 g/mol. The first-order valence-electron chi connectivity index (χ1n) is 7.68. The van der Waals surface area contributed by atoms with Gasteiger partial charge in [0, 0.05) is 13.1 Å². The SMILES string of the molecule is CCc1ccc(CCNC(=O)N(CC)CC(C)(C)O)cc1. The van der Waals surface area contributed by atoms with Crippen LogP contribution in [0.3, 0.4) is 0 Å². The quantitative estimate of drug-likeness (QED) is 0.811. The topological polar surface area (TPSA) is 52.6 Å². The van der Waals surface area contributed by atoms with Crippen molar-refractivity contribution >= 4 is 6.03 Å². The van der Waals surface area contributed by atoms with Gasteiger partial charge in [-0.05, 0) is 44.7 Å². The third kappa shape index (κ3) is 6.63. The maximum atomic E-state index is 12.0. The van der Waals surface area contributed by atoms with Crippen LogP contribution in [-0.2, 0) is 12.8 Å². The highest BCUT2D eigenvalue weighted by Gasteiger charge is 2.20. The van der Waals surface area contributed by atoms with Crippen molar-refractivity contribution in [2.75, 3.05) is 19.6 Å². The Bertz CT molecular complexity index is 435. The van der Waals surface area contributed by atoms with Crippen LogP contribution >= 0.6 is 0 Å². The van der Waals surface area contributed by atoms with Crippen LogP contribution in [0.25, 0.3) is 0 Å². The van der Waals surface area contributed by atoms with Gasteiger partial charge in [0.05, 0.1) is 12.1 Å². The van der Waals surface area contributed by atoms with Crippen LogP contribution in [-0.4, -0.2) is 41.3 Å². The van der Waals surface area contributed by atoms with Crippen LogP contribution in [0, 0.1) is 0 Å². The maximum Gasteiger partial charge on any atom is 0.317 e. The molecule has 0 spiro atoms. The van der Waals surface area contributed by atoms with Crippen molar-refractivity contribution in [3.8, 4) is 0 Å². The van der Waals surface area contributed by atoms with Crippen LogP contribution in [0.15, 0.2) is 24.3 Å². The number of rotatable bonds is 7. The standard InChI is InChI=1S/C17H28N2O2/c1-5-14-7-9-15(10-8-14)11-12-18-16(20)19(6-2)13-17(3,4)21/h7-10,21H,5-6,11-13H2,1-4H3,(H,18,20). The molecule has 4 nitrogen and oxygen atoms in total. The fourth-order valence-electron chi connectivity index (χ4n) is 2.16. The van der Waals surface area contributed by atoms with E-state index in [2.05, 4.69) is 36.5 Å². The molecular weight excluding hydrogens is 264 g/mol. The van der Waals surface area contributed by atoms with Crippen LogP contribution in [0.5, 0.6) is 0 Å². The van der Waals surface area contributed by atoms with E-state index in [1.807, 2.05) is 6.92 Å². The van der Waals surface area contributed by atoms with Crippen LogP contribution in [0.1, 0.15) is 38.8 Å². The number of nitrogens with zero attached hydrogens (tertiary/aromatic N) is 1. The summed E-state index contributed by atoms with van der Waals surface area (Å²) < 4.78 is 0. The van der Waals surface area contributed by atoms with Gasteiger partial charge in [-0.3, -0.25) is 0 Å². The number of carbonyl (C=O) groups is 1. The van der Waals surface area contributed by atoms with E-state index in [0.717, 1.165) is 12.8 Å². The van der Waals surface area contributed by atoms with E-state index in [9.17, 15) is 9.90 Å². The van der Waals surface area contributed by atoms with Crippen molar-refractivity contribution in [3.05, 3.63) is 35.4 Å². The Hall–Kier alpha value is -1.55. The summed E-state index contributed by atoms with van der Waals surface area (Å²) in [7, 11) is 0.